The zero-order chi connectivity index (χ0) is 23.2. The molecule has 2 nitrogen and oxygen atoms in total. The fourth-order valence-corrected chi connectivity index (χ4v) is 4.26. The molecule has 0 amide bonds. The van der Waals surface area contributed by atoms with E-state index in [1.54, 1.807) is 0 Å². The zero-order valence-electron chi connectivity index (χ0n) is 18.8. The molecule has 4 aromatic carbocycles. The molecular formula is C31H30N2. The molecule has 0 spiro atoms. The Hall–Kier alpha value is -4.04. The Balaban J connectivity index is 1.46. The van der Waals surface area contributed by atoms with Crippen molar-refractivity contribution in [2.45, 2.75) is 18.3 Å². The van der Waals surface area contributed by atoms with E-state index >= 15 is 0 Å². The van der Waals surface area contributed by atoms with Crippen LogP contribution in [0.5, 0.6) is 0 Å². The first-order valence-electron chi connectivity index (χ1n) is 11.2. The van der Waals surface area contributed by atoms with Crippen molar-refractivity contribution in [3.63, 3.8) is 0 Å². The standard InChI is InChI=1S/C31H30N2/c1-3-30(26-13-17-28(32)18-14-26)24-9-5-22(6-10-24)21-23-7-11-25(12-8-23)31(4-2)27-15-19-29(33)20-16-27/h3-20,30-31H,1-2,21,32-33H2. The van der Waals surface area contributed by atoms with Crippen LogP contribution in [0.3, 0.4) is 0 Å². The summed E-state index contributed by atoms with van der Waals surface area (Å²) >= 11 is 0. The van der Waals surface area contributed by atoms with Crippen LogP contribution < -0.4 is 11.5 Å². The van der Waals surface area contributed by atoms with Crippen LogP contribution in [0.1, 0.15) is 45.2 Å². The highest BCUT2D eigenvalue weighted by molar-refractivity contribution is 5.46. The van der Waals surface area contributed by atoms with Gasteiger partial charge in [-0.25, -0.2) is 0 Å². The largest absolute Gasteiger partial charge is 0.399 e. The van der Waals surface area contributed by atoms with Gasteiger partial charge in [-0.05, 0) is 64.1 Å². The quantitative estimate of drug-likeness (QED) is 0.232. The van der Waals surface area contributed by atoms with Gasteiger partial charge in [-0.1, -0.05) is 84.9 Å². The molecule has 0 aromatic heterocycles. The lowest BCUT2D eigenvalue weighted by molar-refractivity contribution is 1.02. The predicted octanol–water partition coefficient (Wildman–Crippen LogP) is 7.08. The van der Waals surface area contributed by atoms with E-state index in [2.05, 4.69) is 86.0 Å². The molecule has 0 aliphatic carbocycles. The van der Waals surface area contributed by atoms with Gasteiger partial charge in [0.15, 0.2) is 0 Å². The van der Waals surface area contributed by atoms with Gasteiger partial charge >= 0.3 is 0 Å². The number of rotatable bonds is 8. The van der Waals surface area contributed by atoms with E-state index in [1.807, 2.05) is 36.4 Å². The van der Waals surface area contributed by atoms with Gasteiger partial charge in [0.2, 0.25) is 0 Å². The minimum Gasteiger partial charge on any atom is -0.399 e. The summed E-state index contributed by atoms with van der Waals surface area (Å²) < 4.78 is 0. The number of nitrogens with two attached hydrogens (primary N) is 2. The molecule has 4 N–H and O–H groups in total. The minimum absolute atomic E-state index is 0.156. The third kappa shape index (κ3) is 5.24. The van der Waals surface area contributed by atoms with Crippen molar-refractivity contribution < 1.29 is 0 Å². The van der Waals surface area contributed by atoms with Gasteiger partial charge in [-0.15, -0.1) is 13.2 Å². The van der Waals surface area contributed by atoms with Crippen LogP contribution in [0.2, 0.25) is 0 Å². The Morgan fingerprint density at radius 2 is 0.758 bits per heavy atom. The van der Waals surface area contributed by atoms with Crippen LogP contribution in [0, 0.1) is 0 Å². The van der Waals surface area contributed by atoms with Crippen molar-refractivity contribution in [1.82, 2.24) is 0 Å². The number of anilines is 2. The summed E-state index contributed by atoms with van der Waals surface area (Å²) in [5.41, 5.74) is 20.6. The fraction of sp³-hybridized carbons (Fsp3) is 0.0968. The normalized spacial score (nSPS) is 12.6. The molecular weight excluding hydrogens is 400 g/mol. The first kappa shape index (κ1) is 22.2. The average Bonchev–Trinajstić information content (AvgIpc) is 2.84. The summed E-state index contributed by atoms with van der Waals surface area (Å²) in [6.07, 6.45) is 4.86. The van der Waals surface area contributed by atoms with Gasteiger partial charge < -0.3 is 11.5 Å². The lowest BCUT2D eigenvalue weighted by Crippen LogP contribution is -1.99. The summed E-state index contributed by atoms with van der Waals surface area (Å²) in [6, 6.07) is 33.6. The predicted molar refractivity (Wildman–Crippen MR) is 141 cm³/mol. The summed E-state index contributed by atoms with van der Waals surface area (Å²) in [7, 11) is 0. The first-order chi connectivity index (χ1) is 16.1. The zero-order valence-corrected chi connectivity index (χ0v) is 18.8. The van der Waals surface area contributed by atoms with Crippen molar-refractivity contribution in [3.8, 4) is 0 Å². The molecule has 4 rings (SSSR count). The maximum atomic E-state index is 5.83. The molecule has 0 heterocycles. The van der Waals surface area contributed by atoms with E-state index < -0.39 is 0 Å². The van der Waals surface area contributed by atoms with Gasteiger partial charge in [0.1, 0.15) is 0 Å². The van der Waals surface area contributed by atoms with E-state index in [4.69, 9.17) is 11.5 Å². The molecule has 2 atom stereocenters. The van der Waals surface area contributed by atoms with Crippen LogP contribution in [-0.2, 0) is 6.42 Å². The van der Waals surface area contributed by atoms with Crippen LogP contribution >= 0.6 is 0 Å². The summed E-state index contributed by atoms with van der Waals surface area (Å²) in [5, 5.41) is 0. The molecule has 4 aromatic rings. The highest BCUT2D eigenvalue weighted by Gasteiger charge is 2.12. The van der Waals surface area contributed by atoms with E-state index in [-0.39, 0.29) is 11.8 Å². The van der Waals surface area contributed by atoms with Crippen molar-refractivity contribution in [1.29, 1.82) is 0 Å². The van der Waals surface area contributed by atoms with Crippen molar-refractivity contribution in [2.75, 3.05) is 11.5 Å². The Morgan fingerprint density at radius 3 is 1.03 bits per heavy atom. The fourth-order valence-electron chi connectivity index (χ4n) is 4.26. The SMILES string of the molecule is C=CC(c1ccc(N)cc1)c1ccc(Cc2ccc(C(C=C)c3ccc(N)cc3)cc2)cc1. The number of hydrogen-bond donors (Lipinski definition) is 2. The van der Waals surface area contributed by atoms with E-state index in [0.29, 0.717) is 0 Å². The number of benzene rings is 4. The third-order valence-corrected chi connectivity index (χ3v) is 6.15. The molecule has 2 heteroatoms. The highest BCUT2D eigenvalue weighted by Crippen LogP contribution is 2.29. The van der Waals surface area contributed by atoms with E-state index in [9.17, 15) is 0 Å². The molecule has 0 bridgehead atoms. The Morgan fingerprint density at radius 1 is 0.485 bits per heavy atom. The molecule has 33 heavy (non-hydrogen) atoms. The van der Waals surface area contributed by atoms with Crippen LogP contribution in [0.25, 0.3) is 0 Å². The number of allylic oxidation sites excluding steroid dienone is 2. The number of nitrogen functional groups attached to an aromatic ring is 2. The molecule has 2 unspecified atom stereocenters. The second-order valence-corrected chi connectivity index (χ2v) is 8.42. The van der Waals surface area contributed by atoms with Crippen molar-refractivity contribution >= 4 is 11.4 Å². The monoisotopic (exact) mass is 430 g/mol. The van der Waals surface area contributed by atoms with Crippen molar-refractivity contribution in [3.05, 3.63) is 156 Å². The number of hydrogen-bond acceptors (Lipinski definition) is 2. The van der Waals surface area contributed by atoms with Gasteiger partial charge in [-0.3, -0.25) is 0 Å². The van der Waals surface area contributed by atoms with Crippen LogP contribution in [0.4, 0.5) is 11.4 Å². The van der Waals surface area contributed by atoms with Gasteiger partial charge in [0, 0.05) is 23.2 Å². The molecule has 0 aliphatic rings. The summed E-state index contributed by atoms with van der Waals surface area (Å²) in [4.78, 5) is 0. The molecule has 0 fully saturated rings. The second kappa shape index (κ2) is 10.1. The Kier molecular flexibility index (Phi) is 6.75. The molecule has 0 radical (unpaired) electrons. The first-order valence-corrected chi connectivity index (χ1v) is 11.2. The minimum atomic E-state index is 0.156. The summed E-state index contributed by atoms with van der Waals surface area (Å²) in [6.45, 7) is 8.07. The highest BCUT2D eigenvalue weighted by atomic mass is 14.5. The lowest BCUT2D eigenvalue weighted by atomic mass is 9.89. The van der Waals surface area contributed by atoms with E-state index in [1.165, 1.54) is 33.4 Å². The Labute approximate surface area is 196 Å². The van der Waals surface area contributed by atoms with Gasteiger partial charge in [-0.2, -0.15) is 0 Å². The van der Waals surface area contributed by atoms with Crippen LogP contribution in [0.15, 0.2) is 122 Å². The smallest absolute Gasteiger partial charge is 0.0314 e. The van der Waals surface area contributed by atoms with Crippen LogP contribution in [-0.4, -0.2) is 0 Å². The van der Waals surface area contributed by atoms with Crippen molar-refractivity contribution in [2.24, 2.45) is 0 Å². The lowest BCUT2D eigenvalue weighted by Gasteiger charge is -2.15. The molecule has 0 aliphatic heterocycles. The maximum Gasteiger partial charge on any atom is 0.0314 e. The summed E-state index contributed by atoms with van der Waals surface area (Å²) in [5.74, 6) is 0.311. The second-order valence-electron chi connectivity index (χ2n) is 8.42. The molecule has 164 valence electrons. The van der Waals surface area contributed by atoms with E-state index in [0.717, 1.165) is 17.8 Å². The molecule has 0 saturated carbocycles. The third-order valence-electron chi connectivity index (χ3n) is 6.15. The Bertz CT molecular complexity index is 1100. The maximum absolute atomic E-state index is 5.83. The van der Waals surface area contributed by atoms with Gasteiger partial charge in [0.25, 0.3) is 0 Å². The topological polar surface area (TPSA) is 52.0 Å². The van der Waals surface area contributed by atoms with Gasteiger partial charge in [0.05, 0.1) is 0 Å². The molecule has 0 saturated heterocycles. The average molecular weight is 431 g/mol.